The lowest BCUT2D eigenvalue weighted by Gasteiger charge is -1.99. The fourth-order valence-electron chi connectivity index (χ4n) is 0.982. The first kappa shape index (κ1) is 9.48. The summed E-state index contributed by atoms with van der Waals surface area (Å²) in [5.74, 6) is 0. The predicted octanol–water partition coefficient (Wildman–Crippen LogP) is 1.32. The zero-order valence-electron chi connectivity index (χ0n) is 7.35. The Labute approximate surface area is 77.8 Å². The van der Waals surface area contributed by atoms with E-state index in [9.17, 15) is 0 Å². The van der Waals surface area contributed by atoms with Crippen molar-refractivity contribution in [2.75, 3.05) is 0 Å². The highest BCUT2D eigenvalue weighted by Gasteiger charge is 1.94. The Bertz CT molecular complexity index is 316. The van der Waals surface area contributed by atoms with Crippen molar-refractivity contribution in [3.8, 4) is 0 Å². The maximum atomic E-state index is 5.54. The number of rotatable bonds is 3. The summed E-state index contributed by atoms with van der Waals surface area (Å²) in [7, 11) is 0. The number of para-hydroxylation sites is 1. The van der Waals surface area contributed by atoms with E-state index in [0.717, 1.165) is 11.3 Å². The Hall–Kier alpha value is -1.61. The maximum Gasteiger partial charge on any atom is 0.0674 e. The number of nitrogens with two attached hydrogens (primary N) is 2. The minimum Gasteiger partial charge on any atom is -0.405 e. The molecule has 13 heavy (non-hydrogen) atoms. The van der Waals surface area contributed by atoms with Gasteiger partial charge in [-0.25, -0.2) is 0 Å². The second-order valence-corrected chi connectivity index (χ2v) is 2.50. The van der Waals surface area contributed by atoms with Crippen LogP contribution in [0.4, 0.5) is 5.69 Å². The van der Waals surface area contributed by atoms with Crippen molar-refractivity contribution in [3.05, 3.63) is 42.1 Å². The van der Waals surface area contributed by atoms with E-state index in [1.54, 1.807) is 12.3 Å². The van der Waals surface area contributed by atoms with E-state index >= 15 is 0 Å². The summed E-state index contributed by atoms with van der Waals surface area (Å²) in [6.45, 7) is 0.500. The van der Waals surface area contributed by atoms with E-state index in [0.29, 0.717) is 6.54 Å². The Morgan fingerprint density at radius 1 is 1.31 bits per heavy atom. The molecule has 0 bridgehead atoms. The molecule has 0 aromatic heterocycles. The average molecular weight is 175 g/mol. The second-order valence-electron chi connectivity index (χ2n) is 2.50. The molecule has 0 radical (unpaired) electrons. The molecule has 0 heterocycles. The molecule has 68 valence electrons. The molecule has 0 saturated heterocycles. The highest BCUT2D eigenvalue weighted by atomic mass is 14.7. The molecular weight excluding hydrogens is 162 g/mol. The molecule has 0 unspecified atom stereocenters. The second kappa shape index (κ2) is 5.11. The van der Waals surface area contributed by atoms with Crippen molar-refractivity contribution in [2.45, 2.75) is 6.54 Å². The van der Waals surface area contributed by atoms with Gasteiger partial charge in [-0.3, -0.25) is 4.99 Å². The molecular formula is C10H13N3. The minimum absolute atomic E-state index is 0.500. The molecule has 0 spiro atoms. The molecule has 0 amide bonds. The van der Waals surface area contributed by atoms with Gasteiger partial charge in [0, 0.05) is 12.8 Å². The van der Waals surface area contributed by atoms with Crippen LogP contribution in [-0.2, 0) is 6.54 Å². The van der Waals surface area contributed by atoms with Crippen molar-refractivity contribution >= 4 is 11.9 Å². The summed E-state index contributed by atoms with van der Waals surface area (Å²) in [6, 6.07) is 7.75. The van der Waals surface area contributed by atoms with E-state index in [1.165, 1.54) is 6.20 Å². The van der Waals surface area contributed by atoms with E-state index < -0.39 is 0 Å². The zero-order valence-corrected chi connectivity index (χ0v) is 7.35. The quantitative estimate of drug-likeness (QED) is 0.680. The maximum absolute atomic E-state index is 5.54. The molecule has 0 fully saturated rings. The van der Waals surface area contributed by atoms with Crippen LogP contribution in [0, 0.1) is 0 Å². The van der Waals surface area contributed by atoms with Crippen LogP contribution in [0.15, 0.2) is 41.5 Å². The minimum atomic E-state index is 0.500. The lowest BCUT2D eigenvalue weighted by Crippen LogP contribution is -1.95. The molecule has 1 aromatic carbocycles. The predicted molar refractivity (Wildman–Crippen MR) is 55.8 cm³/mol. The third-order valence-electron chi connectivity index (χ3n) is 1.62. The van der Waals surface area contributed by atoms with Crippen LogP contribution in [0.25, 0.3) is 0 Å². The van der Waals surface area contributed by atoms with Gasteiger partial charge in [0.1, 0.15) is 0 Å². The first-order valence-corrected chi connectivity index (χ1v) is 4.07. The third-order valence-corrected chi connectivity index (χ3v) is 1.62. The summed E-state index contributed by atoms with van der Waals surface area (Å²) in [4.78, 5) is 4.19. The summed E-state index contributed by atoms with van der Waals surface area (Å²) in [5.41, 5.74) is 12.6. The molecule has 0 aliphatic heterocycles. The number of hydrogen-bond acceptors (Lipinski definition) is 3. The van der Waals surface area contributed by atoms with Gasteiger partial charge in [-0.15, -0.1) is 0 Å². The summed E-state index contributed by atoms with van der Waals surface area (Å²) >= 11 is 0. The van der Waals surface area contributed by atoms with E-state index in [1.807, 2.05) is 24.3 Å². The smallest absolute Gasteiger partial charge is 0.0674 e. The standard InChI is InChI=1S/C10H13N3/c11-6-3-7-13-10-5-2-1-4-9(10)8-12/h1-7H,8,11-12H2. The van der Waals surface area contributed by atoms with Gasteiger partial charge in [-0.1, -0.05) is 18.2 Å². The van der Waals surface area contributed by atoms with Gasteiger partial charge in [-0.2, -0.15) is 0 Å². The van der Waals surface area contributed by atoms with Gasteiger partial charge in [0.05, 0.1) is 5.69 Å². The van der Waals surface area contributed by atoms with Crippen molar-refractivity contribution in [1.29, 1.82) is 0 Å². The van der Waals surface area contributed by atoms with Crippen LogP contribution >= 0.6 is 0 Å². The van der Waals surface area contributed by atoms with Crippen LogP contribution in [0.3, 0.4) is 0 Å². The number of allylic oxidation sites excluding steroid dienone is 1. The van der Waals surface area contributed by atoms with Gasteiger partial charge in [0.25, 0.3) is 0 Å². The number of nitrogens with zero attached hydrogens (tertiary/aromatic N) is 1. The van der Waals surface area contributed by atoms with Crippen LogP contribution in [-0.4, -0.2) is 6.21 Å². The Morgan fingerprint density at radius 2 is 2.08 bits per heavy atom. The lowest BCUT2D eigenvalue weighted by molar-refractivity contribution is 1.07. The van der Waals surface area contributed by atoms with Crippen LogP contribution in [0.1, 0.15) is 5.56 Å². The Morgan fingerprint density at radius 3 is 2.77 bits per heavy atom. The van der Waals surface area contributed by atoms with Crippen LogP contribution < -0.4 is 11.5 Å². The van der Waals surface area contributed by atoms with Crippen molar-refractivity contribution in [1.82, 2.24) is 0 Å². The fraction of sp³-hybridized carbons (Fsp3) is 0.100. The Balaban J connectivity index is 2.86. The topological polar surface area (TPSA) is 64.4 Å². The number of hydrogen-bond donors (Lipinski definition) is 2. The number of benzene rings is 1. The third kappa shape index (κ3) is 2.72. The molecule has 0 aliphatic rings. The molecule has 0 saturated carbocycles. The van der Waals surface area contributed by atoms with E-state index in [-0.39, 0.29) is 0 Å². The molecule has 0 aliphatic carbocycles. The highest BCUT2D eigenvalue weighted by molar-refractivity contribution is 5.74. The van der Waals surface area contributed by atoms with Gasteiger partial charge in [0.2, 0.25) is 0 Å². The van der Waals surface area contributed by atoms with Crippen LogP contribution in [0.5, 0.6) is 0 Å². The van der Waals surface area contributed by atoms with E-state index in [4.69, 9.17) is 11.5 Å². The Kier molecular flexibility index (Phi) is 3.73. The van der Waals surface area contributed by atoms with Crippen molar-refractivity contribution < 1.29 is 0 Å². The molecule has 1 aromatic rings. The first-order valence-electron chi connectivity index (χ1n) is 4.07. The van der Waals surface area contributed by atoms with Crippen molar-refractivity contribution in [3.63, 3.8) is 0 Å². The van der Waals surface area contributed by atoms with Crippen LogP contribution in [0.2, 0.25) is 0 Å². The van der Waals surface area contributed by atoms with Crippen molar-refractivity contribution in [2.24, 2.45) is 16.5 Å². The molecule has 0 atom stereocenters. The molecule has 1 rings (SSSR count). The normalized spacial score (nSPS) is 11.5. The zero-order chi connectivity index (χ0) is 9.52. The summed E-state index contributed by atoms with van der Waals surface area (Å²) in [5, 5.41) is 0. The largest absolute Gasteiger partial charge is 0.405 e. The molecule has 3 nitrogen and oxygen atoms in total. The van der Waals surface area contributed by atoms with Gasteiger partial charge in [-0.05, 0) is 23.9 Å². The highest BCUT2D eigenvalue weighted by Crippen LogP contribution is 2.16. The fourth-order valence-corrected chi connectivity index (χ4v) is 0.982. The monoisotopic (exact) mass is 175 g/mol. The first-order chi connectivity index (χ1) is 6.38. The summed E-state index contributed by atoms with van der Waals surface area (Å²) in [6.07, 6.45) is 4.76. The van der Waals surface area contributed by atoms with Gasteiger partial charge >= 0.3 is 0 Å². The van der Waals surface area contributed by atoms with E-state index in [2.05, 4.69) is 4.99 Å². The molecule has 3 heteroatoms. The van der Waals surface area contributed by atoms with Gasteiger partial charge in [0.15, 0.2) is 0 Å². The SMILES string of the molecule is NC=CC=Nc1ccccc1CN. The average Bonchev–Trinajstić information content (AvgIpc) is 2.19. The summed E-state index contributed by atoms with van der Waals surface area (Å²) < 4.78 is 0. The van der Waals surface area contributed by atoms with Gasteiger partial charge < -0.3 is 11.5 Å². The number of aliphatic imine (C=N–C) groups is 1. The molecule has 4 N–H and O–H groups in total. The lowest BCUT2D eigenvalue weighted by atomic mass is 10.2.